The number of esters is 1. The first-order chi connectivity index (χ1) is 6.69. The van der Waals surface area contributed by atoms with Crippen LogP contribution in [0.5, 0.6) is 0 Å². The Hall–Kier alpha value is -1.69. The standard InChI is InChI=1S/C8H12N4O2/c1-2-14-8(13)5-4-11-6(3-9)12-7(5)10/h4H,2-3,9H2,1H3,(H2,10,11,12). The third kappa shape index (κ3) is 2.17. The Labute approximate surface area is 81.3 Å². The van der Waals surface area contributed by atoms with E-state index in [0.717, 1.165) is 0 Å². The summed E-state index contributed by atoms with van der Waals surface area (Å²) in [5, 5.41) is 0. The lowest BCUT2D eigenvalue weighted by molar-refractivity contribution is 0.0526. The molecule has 0 aliphatic heterocycles. The molecule has 0 aliphatic rings. The highest BCUT2D eigenvalue weighted by Crippen LogP contribution is 2.08. The van der Waals surface area contributed by atoms with Gasteiger partial charge in [-0.3, -0.25) is 0 Å². The summed E-state index contributed by atoms with van der Waals surface area (Å²) in [6, 6.07) is 0. The van der Waals surface area contributed by atoms with Gasteiger partial charge in [-0.2, -0.15) is 0 Å². The average molecular weight is 196 g/mol. The summed E-state index contributed by atoms with van der Waals surface area (Å²) >= 11 is 0. The Morgan fingerprint density at radius 2 is 2.36 bits per heavy atom. The SMILES string of the molecule is CCOC(=O)c1cnc(CN)nc1N. The second-order valence-electron chi connectivity index (χ2n) is 2.51. The van der Waals surface area contributed by atoms with Gasteiger partial charge in [0.1, 0.15) is 17.2 Å². The largest absolute Gasteiger partial charge is 0.462 e. The van der Waals surface area contributed by atoms with Crippen molar-refractivity contribution in [2.24, 2.45) is 5.73 Å². The Morgan fingerprint density at radius 3 is 2.86 bits per heavy atom. The number of hydrogen-bond donors (Lipinski definition) is 2. The summed E-state index contributed by atoms with van der Waals surface area (Å²) in [4.78, 5) is 18.9. The number of carbonyl (C=O) groups is 1. The summed E-state index contributed by atoms with van der Waals surface area (Å²) in [6.45, 7) is 2.19. The monoisotopic (exact) mass is 196 g/mol. The van der Waals surface area contributed by atoms with Gasteiger partial charge in [-0.15, -0.1) is 0 Å². The Kier molecular flexibility index (Phi) is 3.35. The van der Waals surface area contributed by atoms with Crippen LogP contribution in [0.4, 0.5) is 5.82 Å². The fourth-order valence-corrected chi connectivity index (χ4v) is 0.898. The van der Waals surface area contributed by atoms with Crippen molar-refractivity contribution in [3.63, 3.8) is 0 Å². The number of nitrogens with two attached hydrogens (primary N) is 2. The summed E-state index contributed by atoms with van der Waals surface area (Å²) in [7, 11) is 0. The summed E-state index contributed by atoms with van der Waals surface area (Å²) in [6.07, 6.45) is 1.32. The number of nitrogens with zero attached hydrogens (tertiary/aromatic N) is 2. The molecular formula is C8H12N4O2. The van der Waals surface area contributed by atoms with Crippen molar-refractivity contribution in [1.29, 1.82) is 0 Å². The molecule has 76 valence electrons. The molecule has 0 unspecified atom stereocenters. The highest BCUT2D eigenvalue weighted by molar-refractivity contribution is 5.93. The number of carbonyl (C=O) groups excluding carboxylic acids is 1. The molecule has 6 nitrogen and oxygen atoms in total. The van der Waals surface area contributed by atoms with Gasteiger partial charge in [0.2, 0.25) is 0 Å². The van der Waals surface area contributed by atoms with Gasteiger partial charge in [-0.25, -0.2) is 14.8 Å². The molecule has 14 heavy (non-hydrogen) atoms. The second kappa shape index (κ2) is 4.52. The molecule has 0 fully saturated rings. The van der Waals surface area contributed by atoms with Crippen molar-refractivity contribution in [1.82, 2.24) is 9.97 Å². The highest BCUT2D eigenvalue weighted by Gasteiger charge is 2.12. The normalized spacial score (nSPS) is 9.86. The number of hydrogen-bond acceptors (Lipinski definition) is 6. The Bertz CT molecular complexity index is 340. The molecule has 0 aliphatic carbocycles. The Balaban J connectivity index is 2.94. The smallest absolute Gasteiger partial charge is 0.343 e. The maximum absolute atomic E-state index is 11.3. The molecule has 0 saturated carbocycles. The minimum absolute atomic E-state index is 0.0962. The molecule has 0 atom stereocenters. The fraction of sp³-hybridized carbons (Fsp3) is 0.375. The zero-order chi connectivity index (χ0) is 10.6. The highest BCUT2D eigenvalue weighted by atomic mass is 16.5. The van der Waals surface area contributed by atoms with E-state index in [2.05, 4.69) is 9.97 Å². The van der Waals surface area contributed by atoms with Gasteiger partial charge in [0.05, 0.1) is 13.2 Å². The molecule has 0 saturated heterocycles. The molecule has 6 heteroatoms. The Morgan fingerprint density at radius 1 is 1.64 bits per heavy atom. The average Bonchev–Trinajstić information content (AvgIpc) is 2.17. The van der Waals surface area contributed by atoms with E-state index in [1.807, 2.05) is 0 Å². The molecule has 0 amide bonds. The third-order valence-corrected chi connectivity index (χ3v) is 1.55. The van der Waals surface area contributed by atoms with Crippen LogP contribution in [-0.4, -0.2) is 22.5 Å². The van der Waals surface area contributed by atoms with Crippen LogP contribution in [0, 0.1) is 0 Å². The topological polar surface area (TPSA) is 104 Å². The van der Waals surface area contributed by atoms with E-state index < -0.39 is 5.97 Å². The quantitative estimate of drug-likeness (QED) is 0.643. The van der Waals surface area contributed by atoms with Crippen LogP contribution >= 0.6 is 0 Å². The van der Waals surface area contributed by atoms with E-state index in [1.165, 1.54) is 6.20 Å². The van der Waals surface area contributed by atoms with Crippen LogP contribution < -0.4 is 11.5 Å². The van der Waals surface area contributed by atoms with Crippen molar-refractivity contribution >= 4 is 11.8 Å². The van der Waals surface area contributed by atoms with Gasteiger partial charge in [-0.1, -0.05) is 0 Å². The zero-order valence-corrected chi connectivity index (χ0v) is 7.86. The molecular weight excluding hydrogens is 184 g/mol. The van der Waals surface area contributed by atoms with E-state index in [-0.39, 0.29) is 24.5 Å². The van der Waals surface area contributed by atoms with Crippen LogP contribution in [0.25, 0.3) is 0 Å². The molecule has 1 aromatic rings. The molecule has 0 aromatic carbocycles. The molecule has 1 aromatic heterocycles. The van der Waals surface area contributed by atoms with Crippen LogP contribution in [0.1, 0.15) is 23.1 Å². The van der Waals surface area contributed by atoms with Crippen LogP contribution in [0.3, 0.4) is 0 Å². The van der Waals surface area contributed by atoms with E-state index in [9.17, 15) is 4.79 Å². The zero-order valence-electron chi connectivity index (χ0n) is 7.86. The maximum atomic E-state index is 11.3. The molecule has 1 heterocycles. The molecule has 1 rings (SSSR count). The second-order valence-corrected chi connectivity index (χ2v) is 2.51. The minimum Gasteiger partial charge on any atom is -0.462 e. The summed E-state index contributed by atoms with van der Waals surface area (Å²) in [5.41, 5.74) is 11.0. The van der Waals surface area contributed by atoms with Gasteiger partial charge in [0.15, 0.2) is 0 Å². The van der Waals surface area contributed by atoms with E-state index >= 15 is 0 Å². The van der Waals surface area contributed by atoms with E-state index in [4.69, 9.17) is 16.2 Å². The maximum Gasteiger partial charge on any atom is 0.343 e. The lowest BCUT2D eigenvalue weighted by atomic mass is 10.3. The van der Waals surface area contributed by atoms with Gasteiger partial charge in [0, 0.05) is 6.20 Å². The van der Waals surface area contributed by atoms with Gasteiger partial charge in [0.25, 0.3) is 0 Å². The molecule has 0 spiro atoms. The predicted molar refractivity (Wildman–Crippen MR) is 50.3 cm³/mol. The van der Waals surface area contributed by atoms with Crippen LogP contribution in [-0.2, 0) is 11.3 Å². The number of aromatic nitrogens is 2. The number of nitrogen functional groups attached to an aromatic ring is 1. The number of anilines is 1. The number of rotatable bonds is 3. The van der Waals surface area contributed by atoms with Crippen molar-refractivity contribution in [2.75, 3.05) is 12.3 Å². The van der Waals surface area contributed by atoms with Gasteiger partial charge < -0.3 is 16.2 Å². The number of ether oxygens (including phenoxy) is 1. The molecule has 0 radical (unpaired) electrons. The van der Waals surface area contributed by atoms with Crippen LogP contribution in [0.15, 0.2) is 6.20 Å². The van der Waals surface area contributed by atoms with E-state index in [1.54, 1.807) is 6.92 Å². The molecule has 0 bridgehead atoms. The van der Waals surface area contributed by atoms with Gasteiger partial charge in [-0.05, 0) is 6.92 Å². The van der Waals surface area contributed by atoms with Crippen molar-refractivity contribution < 1.29 is 9.53 Å². The summed E-state index contributed by atoms with van der Waals surface area (Å²) < 4.78 is 4.75. The fourth-order valence-electron chi connectivity index (χ4n) is 0.898. The van der Waals surface area contributed by atoms with Crippen molar-refractivity contribution in [2.45, 2.75) is 13.5 Å². The third-order valence-electron chi connectivity index (χ3n) is 1.55. The first-order valence-corrected chi connectivity index (χ1v) is 4.17. The van der Waals surface area contributed by atoms with Crippen LogP contribution in [0.2, 0.25) is 0 Å². The van der Waals surface area contributed by atoms with Gasteiger partial charge >= 0.3 is 5.97 Å². The summed E-state index contributed by atoms with van der Waals surface area (Å²) in [5.74, 6) is -0.0250. The first kappa shape index (κ1) is 10.4. The lowest BCUT2D eigenvalue weighted by Crippen LogP contribution is -2.13. The lowest BCUT2D eigenvalue weighted by Gasteiger charge is -2.04. The predicted octanol–water partition coefficient (Wildman–Crippen LogP) is -0.306. The first-order valence-electron chi connectivity index (χ1n) is 4.17. The molecule has 4 N–H and O–H groups in total. The van der Waals surface area contributed by atoms with Crippen molar-refractivity contribution in [3.8, 4) is 0 Å². The van der Waals surface area contributed by atoms with Crippen molar-refractivity contribution in [3.05, 3.63) is 17.6 Å². The minimum atomic E-state index is -0.520. The van der Waals surface area contributed by atoms with E-state index in [0.29, 0.717) is 5.82 Å².